The highest BCUT2D eigenvalue weighted by Gasteiger charge is 2.47. The van der Waals surface area contributed by atoms with Crippen molar-refractivity contribution in [1.82, 2.24) is 0 Å². The van der Waals surface area contributed by atoms with E-state index in [4.69, 9.17) is 9.47 Å². The molecule has 0 atom stereocenters. The first-order chi connectivity index (χ1) is 9.66. The fourth-order valence-electron chi connectivity index (χ4n) is 2.03. The number of oxime groups is 1. The van der Waals surface area contributed by atoms with Crippen LogP contribution in [0.5, 0.6) is 0 Å². The second kappa shape index (κ2) is 6.69. The number of rotatable bonds is 6. The summed E-state index contributed by atoms with van der Waals surface area (Å²) in [5.74, 6) is -5.00. The van der Waals surface area contributed by atoms with E-state index < -0.39 is 29.4 Å². The van der Waals surface area contributed by atoms with Gasteiger partial charge in [-0.15, -0.1) is 0 Å². The molecule has 0 N–H and O–H groups in total. The van der Waals surface area contributed by atoms with E-state index in [1.54, 1.807) is 0 Å². The van der Waals surface area contributed by atoms with Gasteiger partial charge in [-0.2, -0.15) is 0 Å². The molecule has 0 spiro atoms. The van der Waals surface area contributed by atoms with Crippen molar-refractivity contribution in [3.63, 3.8) is 0 Å². The molecule has 118 valence electrons. The Kier molecular flexibility index (Phi) is 5.46. The lowest BCUT2D eigenvalue weighted by Gasteiger charge is -2.32. The van der Waals surface area contributed by atoms with Crippen molar-refractivity contribution in [2.24, 2.45) is 17.0 Å². The minimum Gasteiger partial charge on any atom is -0.422 e. The molecule has 1 aliphatic heterocycles. The molecule has 1 rings (SSSR count). The van der Waals surface area contributed by atoms with Gasteiger partial charge in [0.2, 0.25) is 5.92 Å². The standard InChI is InChI=1S/C14H21NO6/c1-8(2)6-9(15-19-5)7-10(16)11-12(17)20-14(3,4)21-13(11)18/h8,11H,6-7H2,1-5H3. The van der Waals surface area contributed by atoms with Crippen LogP contribution in [0.1, 0.15) is 40.5 Å². The van der Waals surface area contributed by atoms with Crippen LogP contribution >= 0.6 is 0 Å². The number of esters is 2. The Labute approximate surface area is 123 Å². The molecule has 0 bridgehead atoms. The zero-order valence-electron chi connectivity index (χ0n) is 13.0. The predicted octanol–water partition coefficient (Wildman–Crippen LogP) is 1.45. The van der Waals surface area contributed by atoms with E-state index >= 15 is 0 Å². The highest BCUT2D eigenvalue weighted by molar-refractivity contribution is 6.20. The van der Waals surface area contributed by atoms with Crippen molar-refractivity contribution < 1.29 is 28.7 Å². The van der Waals surface area contributed by atoms with Crippen LogP contribution in [0.4, 0.5) is 0 Å². The Hall–Kier alpha value is -1.92. The maximum absolute atomic E-state index is 12.2. The van der Waals surface area contributed by atoms with E-state index in [1.165, 1.54) is 21.0 Å². The van der Waals surface area contributed by atoms with Gasteiger partial charge in [-0.25, -0.2) is 0 Å². The topological polar surface area (TPSA) is 91.3 Å². The van der Waals surface area contributed by atoms with E-state index in [0.717, 1.165) is 0 Å². The third-order valence-corrected chi connectivity index (χ3v) is 2.73. The van der Waals surface area contributed by atoms with Crippen molar-refractivity contribution in [2.75, 3.05) is 7.11 Å². The predicted molar refractivity (Wildman–Crippen MR) is 73.3 cm³/mol. The number of cyclic esters (lactones) is 2. The highest BCUT2D eigenvalue weighted by atomic mass is 16.7. The molecule has 0 aliphatic carbocycles. The summed E-state index contributed by atoms with van der Waals surface area (Å²) in [6.45, 7) is 6.78. The summed E-state index contributed by atoms with van der Waals surface area (Å²) in [7, 11) is 1.37. The molecule has 1 saturated heterocycles. The largest absolute Gasteiger partial charge is 0.422 e. The Morgan fingerprint density at radius 3 is 2.24 bits per heavy atom. The zero-order chi connectivity index (χ0) is 16.2. The van der Waals surface area contributed by atoms with Gasteiger partial charge in [-0.05, 0) is 12.3 Å². The van der Waals surface area contributed by atoms with Gasteiger partial charge in [0, 0.05) is 20.3 Å². The molecule has 0 unspecified atom stereocenters. The maximum Gasteiger partial charge on any atom is 0.331 e. The molecule has 0 saturated carbocycles. The number of carbonyl (C=O) groups is 3. The van der Waals surface area contributed by atoms with Crippen LogP contribution in [0, 0.1) is 11.8 Å². The monoisotopic (exact) mass is 299 g/mol. The highest BCUT2D eigenvalue weighted by Crippen LogP contribution is 2.24. The van der Waals surface area contributed by atoms with Crippen LogP contribution in [-0.4, -0.2) is 36.3 Å². The summed E-state index contributed by atoms with van der Waals surface area (Å²) >= 11 is 0. The first-order valence-electron chi connectivity index (χ1n) is 6.73. The van der Waals surface area contributed by atoms with Crippen LogP contribution in [-0.2, 0) is 28.7 Å². The summed E-state index contributed by atoms with van der Waals surface area (Å²) in [5.41, 5.74) is 0.475. The van der Waals surface area contributed by atoms with E-state index in [2.05, 4.69) is 9.99 Å². The van der Waals surface area contributed by atoms with Crippen LogP contribution in [0.25, 0.3) is 0 Å². The minimum atomic E-state index is -1.55. The molecule has 1 aliphatic rings. The number of nitrogens with zero attached hydrogens (tertiary/aromatic N) is 1. The Morgan fingerprint density at radius 1 is 1.29 bits per heavy atom. The molecule has 7 heteroatoms. The van der Waals surface area contributed by atoms with Crippen molar-refractivity contribution in [3.8, 4) is 0 Å². The molecule has 0 aromatic heterocycles. The second-order valence-electron chi connectivity index (χ2n) is 5.76. The first kappa shape index (κ1) is 17.1. The van der Waals surface area contributed by atoms with Crippen molar-refractivity contribution in [2.45, 2.75) is 46.3 Å². The third kappa shape index (κ3) is 4.84. The summed E-state index contributed by atoms with van der Waals surface area (Å²) in [4.78, 5) is 40.5. The van der Waals surface area contributed by atoms with E-state index in [0.29, 0.717) is 12.1 Å². The van der Waals surface area contributed by atoms with Gasteiger partial charge in [0.15, 0.2) is 5.78 Å². The molecule has 1 heterocycles. The first-order valence-corrected chi connectivity index (χ1v) is 6.73. The van der Waals surface area contributed by atoms with Crippen LogP contribution in [0.2, 0.25) is 0 Å². The average Bonchev–Trinajstić information content (AvgIpc) is 2.24. The quantitative estimate of drug-likeness (QED) is 0.319. The summed E-state index contributed by atoms with van der Waals surface area (Å²) < 4.78 is 9.85. The SMILES string of the molecule is CON=C(CC(=O)C1C(=O)OC(C)(C)OC1=O)CC(C)C. The van der Waals surface area contributed by atoms with Crippen LogP contribution in [0.15, 0.2) is 5.16 Å². The average molecular weight is 299 g/mol. The third-order valence-electron chi connectivity index (χ3n) is 2.73. The minimum absolute atomic E-state index is 0.151. The van der Waals surface area contributed by atoms with Crippen LogP contribution in [0.3, 0.4) is 0 Å². The maximum atomic E-state index is 12.2. The fourth-order valence-corrected chi connectivity index (χ4v) is 2.03. The molecule has 7 nitrogen and oxygen atoms in total. The lowest BCUT2D eigenvalue weighted by atomic mass is 9.95. The van der Waals surface area contributed by atoms with Gasteiger partial charge < -0.3 is 14.3 Å². The molecular weight excluding hydrogens is 278 g/mol. The van der Waals surface area contributed by atoms with Crippen molar-refractivity contribution in [1.29, 1.82) is 0 Å². The number of carbonyl (C=O) groups excluding carboxylic acids is 3. The van der Waals surface area contributed by atoms with E-state index in [1.807, 2.05) is 13.8 Å². The molecule has 0 amide bonds. The molecular formula is C14H21NO6. The van der Waals surface area contributed by atoms with Gasteiger partial charge in [0.05, 0.1) is 5.71 Å². The molecule has 0 aromatic carbocycles. The van der Waals surface area contributed by atoms with E-state index in [-0.39, 0.29) is 12.3 Å². The van der Waals surface area contributed by atoms with Crippen molar-refractivity contribution in [3.05, 3.63) is 0 Å². The van der Waals surface area contributed by atoms with Gasteiger partial charge >= 0.3 is 11.9 Å². The fraction of sp³-hybridized carbons (Fsp3) is 0.714. The molecule has 1 fully saturated rings. The zero-order valence-corrected chi connectivity index (χ0v) is 13.0. The number of ketones is 1. The number of ether oxygens (including phenoxy) is 2. The van der Waals surface area contributed by atoms with Gasteiger partial charge in [-0.1, -0.05) is 19.0 Å². The number of Topliss-reactive ketones (excluding diaryl/α,β-unsaturated/α-hetero) is 1. The number of hydrogen-bond acceptors (Lipinski definition) is 7. The Balaban J connectivity index is 2.81. The Bertz CT molecular complexity index is 446. The van der Waals surface area contributed by atoms with Gasteiger partial charge in [-0.3, -0.25) is 14.4 Å². The van der Waals surface area contributed by atoms with E-state index in [9.17, 15) is 14.4 Å². The second-order valence-corrected chi connectivity index (χ2v) is 5.76. The lowest BCUT2D eigenvalue weighted by Crippen LogP contribution is -2.49. The van der Waals surface area contributed by atoms with Crippen LogP contribution < -0.4 is 0 Å². The lowest BCUT2D eigenvalue weighted by molar-refractivity contribution is -0.238. The molecule has 0 aromatic rings. The molecule has 0 radical (unpaired) electrons. The van der Waals surface area contributed by atoms with Gasteiger partial charge in [0.25, 0.3) is 5.79 Å². The summed E-state index contributed by atoms with van der Waals surface area (Å²) in [6, 6.07) is 0. The van der Waals surface area contributed by atoms with Gasteiger partial charge in [0.1, 0.15) is 7.11 Å². The summed E-state index contributed by atoms with van der Waals surface area (Å²) in [5, 5.41) is 3.77. The van der Waals surface area contributed by atoms with Crippen molar-refractivity contribution >= 4 is 23.4 Å². The number of hydrogen-bond donors (Lipinski definition) is 0. The summed E-state index contributed by atoms with van der Waals surface area (Å²) in [6.07, 6.45) is 0.378. The molecule has 21 heavy (non-hydrogen) atoms. The Morgan fingerprint density at radius 2 is 1.81 bits per heavy atom. The smallest absolute Gasteiger partial charge is 0.331 e. The normalized spacial score (nSPS) is 19.2.